The van der Waals surface area contributed by atoms with Crippen LogP contribution in [0.2, 0.25) is 10.0 Å². The topological polar surface area (TPSA) is 49.9 Å². The largest absolute Gasteiger partial charge is 0.432 e. The molecule has 5 nitrogen and oxygen atoms in total. The molecule has 1 fully saturated rings. The molecule has 0 bridgehead atoms. The van der Waals surface area contributed by atoms with Crippen molar-refractivity contribution in [3.63, 3.8) is 0 Å². The number of nitrogens with zero attached hydrogens (tertiary/aromatic N) is 2. The lowest BCUT2D eigenvalue weighted by Gasteiger charge is -2.39. The van der Waals surface area contributed by atoms with Gasteiger partial charge in [0.05, 0.1) is 6.04 Å². The Morgan fingerprint density at radius 3 is 1.69 bits per heavy atom. The molecule has 1 aliphatic rings. The molecule has 32 heavy (non-hydrogen) atoms. The Morgan fingerprint density at radius 2 is 1.31 bits per heavy atom. The van der Waals surface area contributed by atoms with Crippen molar-refractivity contribution in [2.45, 2.75) is 25.2 Å². The standard InChI is InChI=1S/C22H21Cl2F3N2O3/c1-14(30)20(22(25,26)27)32-21(31)29-12-10-28(11-13-29)19(15-2-6-17(23)7-3-15)16-4-8-18(24)9-5-16/h2-9,19-20H,10-13H2,1H3. The Kier molecular flexibility index (Phi) is 7.69. The van der Waals surface area contributed by atoms with E-state index in [4.69, 9.17) is 23.2 Å². The maximum atomic E-state index is 13.0. The number of Topliss-reactive ketones (excluding diaryl/α,β-unsaturated/α-hetero) is 1. The van der Waals surface area contributed by atoms with Crippen LogP contribution in [0.3, 0.4) is 0 Å². The highest BCUT2D eigenvalue weighted by molar-refractivity contribution is 6.30. The summed E-state index contributed by atoms with van der Waals surface area (Å²) in [5.74, 6) is -1.27. The number of benzene rings is 2. The maximum absolute atomic E-state index is 13.0. The van der Waals surface area contributed by atoms with Gasteiger partial charge >= 0.3 is 12.3 Å². The summed E-state index contributed by atoms with van der Waals surface area (Å²) < 4.78 is 43.3. The van der Waals surface area contributed by atoms with Crippen LogP contribution in [0.25, 0.3) is 0 Å². The van der Waals surface area contributed by atoms with E-state index in [2.05, 4.69) is 9.64 Å². The quantitative estimate of drug-likeness (QED) is 0.568. The average molecular weight is 489 g/mol. The van der Waals surface area contributed by atoms with Gasteiger partial charge in [0.15, 0.2) is 5.78 Å². The van der Waals surface area contributed by atoms with Crippen LogP contribution in [0.1, 0.15) is 24.1 Å². The summed E-state index contributed by atoms with van der Waals surface area (Å²) in [7, 11) is 0. The second kappa shape index (κ2) is 10.1. The van der Waals surface area contributed by atoms with Crippen molar-refractivity contribution >= 4 is 35.1 Å². The maximum Gasteiger partial charge on any atom is 0.432 e. The van der Waals surface area contributed by atoms with Gasteiger partial charge in [-0.25, -0.2) is 4.79 Å². The van der Waals surface area contributed by atoms with Crippen LogP contribution in [0.5, 0.6) is 0 Å². The number of carbonyl (C=O) groups is 2. The first-order valence-corrected chi connectivity index (χ1v) is 10.6. The predicted octanol–water partition coefficient (Wildman–Crippen LogP) is 5.36. The van der Waals surface area contributed by atoms with Crippen LogP contribution in [0, 0.1) is 0 Å². The molecule has 0 saturated carbocycles. The Hall–Kier alpha value is -2.29. The number of ketones is 1. The minimum Gasteiger partial charge on any atom is -0.428 e. The summed E-state index contributed by atoms with van der Waals surface area (Å²) in [4.78, 5) is 26.8. The third-order valence-electron chi connectivity index (χ3n) is 5.19. The molecule has 1 atom stereocenters. The van der Waals surface area contributed by atoms with Crippen molar-refractivity contribution in [1.29, 1.82) is 0 Å². The number of ether oxygens (including phenoxy) is 1. The molecular weight excluding hydrogens is 468 g/mol. The van der Waals surface area contributed by atoms with Crippen LogP contribution >= 0.6 is 23.2 Å². The summed E-state index contributed by atoms with van der Waals surface area (Å²) in [6.07, 6.45) is -8.86. The van der Waals surface area contributed by atoms with Gasteiger partial charge in [0.25, 0.3) is 6.10 Å². The Morgan fingerprint density at radius 1 is 0.875 bits per heavy atom. The van der Waals surface area contributed by atoms with Crippen molar-refractivity contribution in [2.24, 2.45) is 0 Å². The average Bonchev–Trinajstić information content (AvgIpc) is 2.74. The van der Waals surface area contributed by atoms with Crippen molar-refractivity contribution in [1.82, 2.24) is 9.80 Å². The van der Waals surface area contributed by atoms with Gasteiger partial charge < -0.3 is 9.64 Å². The lowest BCUT2D eigenvalue weighted by atomic mass is 9.96. The zero-order valence-corrected chi connectivity index (χ0v) is 18.6. The predicted molar refractivity (Wildman–Crippen MR) is 115 cm³/mol. The molecule has 0 N–H and O–H groups in total. The highest BCUT2D eigenvalue weighted by atomic mass is 35.5. The van der Waals surface area contributed by atoms with Crippen LogP contribution < -0.4 is 0 Å². The Labute approximate surface area is 193 Å². The minimum atomic E-state index is -4.95. The number of amides is 1. The first kappa shape index (κ1) is 24.4. The van der Waals surface area contributed by atoms with E-state index >= 15 is 0 Å². The molecule has 0 spiro atoms. The molecule has 1 saturated heterocycles. The van der Waals surface area contributed by atoms with Crippen LogP contribution in [-0.2, 0) is 9.53 Å². The van der Waals surface area contributed by atoms with E-state index in [1.54, 1.807) is 24.3 Å². The van der Waals surface area contributed by atoms with E-state index in [9.17, 15) is 22.8 Å². The summed E-state index contributed by atoms with van der Waals surface area (Å²) in [5.41, 5.74) is 1.95. The smallest absolute Gasteiger partial charge is 0.428 e. The van der Waals surface area contributed by atoms with Crippen molar-refractivity contribution < 1.29 is 27.5 Å². The monoisotopic (exact) mass is 488 g/mol. The highest BCUT2D eigenvalue weighted by Gasteiger charge is 2.47. The fourth-order valence-electron chi connectivity index (χ4n) is 3.62. The van der Waals surface area contributed by atoms with E-state index in [0.29, 0.717) is 23.1 Å². The Bertz CT molecular complexity index is 899. The number of alkyl halides is 3. The first-order chi connectivity index (χ1) is 15.1. The van der Waals surface area contributed by atoms with Crippen molar-refractivity contribution in [3.05, 3.63) is 69.7 Å². The van der Waals surface area contributed by atoms with Crippen molar-refractivity contribution in [2.75, 3.05) is 26.2 Å². The summed E-state index contributed by atoms with van der Waals surface area (Å²) >= 11 is 12.1. The highest BCUT2D eigenvalue weighted by Crippen LogP contribution is 2.31. The molecule has 172 valence electrons. The molecule has 1 amide bonds. The van der Waals surface area contributed by atoms with E-state index in [-0.39, 0.29) is 19.1 Å². The lowest BCUT2D eigenvalue weighted by molar-refractivity contribution is -0.204. The normalized spacial score (nSPS) is 16.2. The number of piperazine rings is 1. The molecule has 0 radical (unpaired) electrons. The van der Waals surface area contributed by atoms with Crippen LogP contribution in [0.4, 0.5) is 18.0 Å². The fourth-order valence-corrected chi connectivity index (χ4v) is 3.87. The Balaban J connectivity index is 1.74. The SMILES string of the molecule is CC(=O)C(OC(=O)N1CCN(C(c2ccc(Cl)cc2)c2ccc(Cl)cc2)CC1)C(F)(F)F. The number of rotatable bonds is 5. The van der Waals surface area contributed by atoms with Gasteiger partial charge in [0, 0.05) is 36.2 Å². The lowest BCUT2D eigenvalue weighted by Crippen LogP contribution is -2.52. The number of carbonyl (C=O) groups excluding carboxylic acids is 2. The van der Waals surface area contributed by atoms with Gasteiger partial charge in [-0.05, 0) is 42.3 Å². The molecule has 3 rings (SSSR count). The second-order valence-corrected chi connectivity index (χ2v) is 8.32. The molecule has 2 aromatic rings. The summed E-state index contributed by atoms with van der Waals surface area (Å²) in [6.45, 7) is 1.83. The van der Waals surface area contributed by atoms with Crippen LogP contribution in [0.15, 0.2) is 48.5 Å². The summed E-state index contributed by atoms with van der Waals surface area (Å²) in [5, 5.41) is 1.20. The zero-order chi connectivity index (χ0) is 23.5. The van der Waals surface area contributed by atoms with E-state index in [1.165, 1.54) is 4.90 Å². The molecular formula is C22H21Cl2F3N2O3. The molecule has 0 aromatic heterocycles. The third kappa shape index (κ3) is 5.94. The second-order valence-electron chi connectivity index (χ2n) is 7.44. The molecule has 0 aliphatic carbocycles. The van der Waals surface area contributed by atoms with Gasteiger partial charge in [0.1, 0.15) is 0 Å². The van der Waals surface area contributed by atoms with Gasteiger partial charge in [-0.3, -0.25) is 9.69 Å². The van der Waals surface area contributed by atoms with Gasteiger partial charge in [-0.15, -0.1) is 0 Å². The number of hydrogen-bond acceptors (Lipinski definition) is 4. The molecule has 1 unspecified atom stereocenters. The van der Waals surface area contributed by atoms with E-state index in [0.717, 1.165) is 18.1 Å². The number of halogens is 5. The molecule has 10 heteroatoms. The number of hydrogen-bond donors (Lipinski definition) is 0. The molecule has 2 aromatic carbocycles. The third-order valence-corrected chi connectivity index (χ3v) is 5.70. The minimum absolute atomic E-state index is 0.152. The summed E-state index contributed by atoms with van der Waals surface area (Å²) in [6, 6.07) is 14.6. The van der Waals surface area contributed by atoms with E-state index < -0.39 is 24.2 Å². The fraction of sp³-hybridized carbons (Fsp3) is 0.364. The van der Waals surface area contributed by atoms with E-state index in [1.807, 2.05) is 24.3 Å². The van der Waals surface area contributed by atoms with Gasteiger partial charge in [-0.2, -0.15) is 13.2 Å². The van der Waals surface area contributed by atoms with Gasteiger partial charge in [0.2, 0.25) is 0 Å². The molecule has 1 heterocycles. The van der Waals surface area contributed by atoms with Crippen molar-refractivity contribution in [3.8, 4) is 0 Å². The first-order valence-electron chi connectivity index (χ1n) is 9.84. The van der Waals surface area contributed by atoms with Crippen LogP contribution in [-0.4, -0.2) is 60.1 Å². The zero-order valence-electron chi connectivity index (χ0n) is 17.1. The molecule has 1 aliphatic heterocycles. The van der Waals surface area contributed by atoms with Gasteiger partial charge in [-0.1, -0.05) is 47.5 Å².